The molecular formula is C36H42O13. The molecule has 1 aromatic rings. The number of allylic oxidation sites excluding steroid dienone is 1. The van der Waals surface area contributed by atoms with Gasteiger partial charge in [0.25, 0.3) is 5.97 Å². The summed E-state index contributed by atoms with van der Waals surface area (Å²) in [6.07, 6.45) is 2.99. The average molecular weight is 683 g/mol. The van der Waals surface area contributed by atoms with Gasteiger partial charge < -0.3 is 42.7 Å². The van der Waals surface area contributed by atoms with Crippen LogP contribution in [0.25, 0.3) is 0 Å². The Morgan fingerprint density at radius 1 is 1.10 bits per heavy atom. The molecule has 4 heterocycles. The van der Waals surface area contributed by atoms with E-state index < -0.39 is 92.7 Å². The second-order valence-corrected chi connectivity index (χ2v) is 15.7. The lowest BCUT2D eigenvalue weighted by Gasteiger charge is -2.75. The molecule has 13 nitrogen and oxygen atoms in total. The van der Waals surface area contributed by atoms with Crippen molar-refractivity contribution in [1.82, 2.24) is 0 Å². The van der Waals surface area contributed by atoms with E-state index in [1.807, 2.05) is 20.8 Å². The van der Waals surface area contributed by atoms with Crippen molar-refractivity contribution in [2.75, 3.05) is 7.11 Å². The van der Waals surface area contributed by atoms with Crippen molar-refractivity contribution in [3.05, 3.63) is 47.5 Å². The zero-order chi connectivity index (χ0) is 35.4. The zero-order valence-electron chi connectivity index (χ0n) is 28.9. The van der Waals surface area contributed by atoms with E-state index >= 15 is 0 Å². The second kappa shape index (κ2) is 9.42. The Morgan fingerprint density at radius 3 is 2.47 bits per heavy atom. The summed E-state index contributed by atoms with van der Waals surface area (Å²) in [5, 5.41) is 13.6. The molecule has 7 aliphatic rings. The molecule has 0 radical (unpaired) electrons. The highest BCUT2D eigenvalue weighted by atomic mass is 17.0. The van der Waals surface area contributed by atoms with Crippen LogP contribution in [0.1, 0.15) is 85.8 Å². The highest BCUT2D eigenvalue weighted by molar-refractivity contribution is 5.88. The molecule has 0 unspecified atom stereocenters. The van der Waals surface area contributed by atoms with E-state index in [0.717, 1.165) is 0 Å². The van der Waals surface area contributed by atoms with Gasteiger partial charge in [0, 0.05) is 53.7 Å². The van der Waals surface area contributed by atoms with Crippen LogP contribution in [0.4, 0.5) is 0 Å². The van der Waals surface area contributed by atoms with Gasteiger partial charge >= 0.3 is 23.9 Å². The summed E-state index contributed by atoms with van der Waals surface area (Å²) >= 11 is 0. The number of fused-ring (bicyclic) bond motifs is 4. The predicted octanol–water partition coefficient (Wildman–Crippen LogP) is 3.73. The molecule has 0 aromatic carbocycles. The Morgan fingerprint density at radius 2 is 1.84 bits per heavy atom. The molecule has 6 fully saturated rings. The van der Waals surface area contributed by atoms with Gasteiger partial charge in [-0.1, -0.05) is 26.8 Å². The highest BCUT2D eigenvalue weighted by Gasteiger charge is 3.03. The molecule has 1 N–H and O–H groups in total. The van der Waals surface area contributed by atoms with E-state index in [4.69, 9.17) is 37.6 Å². The maximum atomic E-state index is 13.7. The summed E-state index contributed by atoms with van der Waals surface area (Å²) < 4.78 is 50.1. The van der Waals surface area contributed by atoms with Gasteiger partial charge in [-0.05, 0) is 50.7 Å². The Kier molecular flexibility index (Phi) is 6.28. The molecule has 4 saturated carbocycles. The fourth-order valence-electron chi connectivity index (χ4n) is 11.9. The number of cyclic esters (lactones) is 1. The minimum atomic E-state index is -2.09. The fourth-order valence-corrected chi connectivity index (χ4v) is 11.9. The number of ether oxygens (including phenoxy) is 7. The summed E-state index contributed by atoms with van der Waals surface area (Å²) in [5.74, 6) is -5.15. The standard InChI is InChI=1S/C36H42O13/c1-9-18(2)26(40)45-27-30(5)17-33(41)31(6,21(30)14-23(38)42-8)34-12-11-29(4)22(15-24(39)44-25(29)20-10-13-43-16-20)35(34)28(36(27,33)46-19(3)37)47-32(7,48-34)49-35/h9-10,13,15-16,21,25,27-28,41H,11-12,14,17H2,1-8H3/t21-,25-,27-,28-,29+,30+,31+,32-,33+,34-,35+,36-/m0/s1. The van der Waals surface area contributed by atoms with Crippen LogP contribution >= 0.6 is 0 Å². The van der Waals surface area contributed by atoms with Crippen molar-refractivity contribution < 1.29 is 61.9 Å². The summed E-state index contributed by atoms with van der Waals surface area (Å²) in [6.45, 7) is 11.7. The number of esters is 4. The van der Waals surface area contributed by atoms with E-state index in [9.17, 15) is 24.3 Å². The maximum absolute atomic E-state index is 13.7. The quantitative estimate of drug-likeness (QED) is 0.262. The lowest BCUT2D eigenvalue weighted by atomic mass is 9.34. The Balaban J connectivity index is 1.46. The molecule has 4 bridgehead atoms. The first-order chi connectivity index (χ1) is 22.9. The lowest BCUT2D eigenvalue weighted by Crippen LogP contribution is -2.92. The monoisotopic (exact) mass is 682 g/mol. The van der Waals surface area contributed by atoms with Crippen molar-refractivity contribution in [1.29, 1.82) is 0 Å². The Bertz CT molecular complexity index is 1760. The molecule has 13 heteroatoms. The van der Waals surface area contributed by atoms with Gasteiger partial charge in [0.15, 0.2) is 11.7 Å². The third-order valence-electron chi connectivity index (χ3n) is 13.7. The van der Waals surface area contributed by atoms with Crippen LogP contribution < -0.4 is 0 Å². The molecule has 3 aliphatic heterocycles. The van der Waals surface area contributed by atoms with Gasteiger partial charge in [0.1, 0.15) is 23.4 Å². The number of aliphatic hydroxyl groups is 1. The lowest BCUT2D eigenvalue weighted by molar-refractivity contribution is -0.443. The molecule has 1 aromatic heterocycles. The molecule has 8 rings (SSSR count). The molecule has 49 heavy (non-hydrogen) atoms. The predicted molar refractivity (Wildman–Crippen MR) is 164 cm³/mol. The first-order valence-electron chi connectivity index (χ1n) is 16.8. The van der Waals surface area contributed by atoms with Crippen LogP contribution in [0.3, 0.4) is 0 Å². The van der Waals surface area contributed by atoms with E-state index in [2.05, 4.69) is 0 Å². The summed E-state index contributed by atoms with van der Waals surface area (Å²) in [4.78, 5) is 54.1. The van der Waals surface area contributed by atoms with E-state index in [-0.39, 0.29) is 19.3 Å². The SMILES string of the molecule is CC=C(C)C(=O)O[C@H]1[C@]2(C)C[C@]3(O)[C@@]1(OC(C)=O)[C@H]1O[C@@]4(C)O[C@@]5(CC[C@]6(C)C(=CC(=O)O[C@H]6c6ccoc6)[C@@]15O4)[C@]3(C)[C@H]2CC(=O)OC. The maximum Gasteiger partial charge on any atom is 0.333 e. The molecular weight excluding hydrogens is 640 g/mol. The van der Waals surface area contributed by atoms with Gasteiger partial charge in [-0.25, -0.2) is 9.59 Å². The molecule has 0 amide bonds. The minimum absolute atomic E-state index is 0.0357. The summed E-state index contributed by atoms with van der Waals surface area (Å²) in [6, 6.07) is 1.73. The molecule has 2 saturated heterocycles. The highest BCUT2D eigenvalue weighted by Crippen LogP contribution is 2.88. The number of hydrogen-bond acceptors (Lipinski definition) is 13. The van der Waals surface area contributed by atoms with Crippen molar-refractivity contribution in [3.63, 3.8) is 0 Å². The normalized spacial score (nSPS) is 49.9. The third-order valence-corrected chi connectivity index (χ3v) is 13.7. The zero-order valence-corrected chi connectivity index (χ0v) is 28.9. The van der Waals surface area contributed by atoms with Crippen molar-refractivity contribution in [2.24, 2.45) is 22.2 Å². The fraction of sp³-hybridized carbons (Fsp3) is 0.667. The van der Waals surface area contributed by atoms with Crippen LogP contribution in [0.2, 0.25) is 0 Å². The summed E-state index contributed by atoms with van der Waals surface area (Å²) in [5.41, 5.74) is -9.37. The van der Waals surface area contributed by atoms with Gasteiger partial charge in [0.05, 0.1) is 19.6 Å². The average Bonchev–Trinajstić information content (AvgIpc) is 3.81. The van der Waals surface area contributed by atoms with Gasteiger partial charge in [-0.3, -0.25) is 9.59 Å². The van der Waals surface area contributed by atoms with Crippen molar-refractivity contribution >= 4 is 23.9 Å². The molecule has 1 spiro atoms. The van der Waals surface area contributed by atoms with Crippen LogP contribution in [0.15, 0.2) is 46.3 Å². The number of rotatable bonds is 6. The van der Waals surface area contributed by atoms with Crippen LogP contribution in [0, 0.1) is 22.2 Å². The number of furan rings is 1. The largest absolute Gasteiger partial charge is 0.472 e. The minimum Gasteiger partial charge on any atom is -0.472 e. The third kappa shape index (κ3) is 3.28. The molecule has 12 atom stereocenters. The Labute approximate surface area is 283 Å². The second-order valence-electron chi connectivity index (χ2n) is 15.7. The van der Waals surface area contributed by atoms with Crippen LogP contribution in [0.5, 0.6) is 0 Å². The topological polar surface area (TPSA) is 166 Å². The number of carbonyl (C=O) groups excluding carboxylic acids is 4. The van der Waals surface area contributed by atoms with Crippen LogP contribution in [-0.2, 0) is 52.3 Å². The molecule has 4 aliphatic carbocycles. The first kappa shape index (κ1) is 32.7. The van der Waals surface area contributed by atoms with E-state index in [1.54, 1.807) is 32.9 Å². The van der Waals surface area contributed by atoms with E-state index in [0.29, 0.717) is 23.1 Å². The number of methoxy groups -OCH3 is 1. The molecule has 264 valence electrons. The van der Waals surface area contributed by atoms with Gasteiger partial charge in [0.2, 0.25) is 5.60 Å². The van der Waals surface area contributed by atoms with Crippen molar-refractivity contribution in [3.8, 4) is 0 Å². The Hall–Kier alpha value is -3.52. The van der Waals surface area contributed by atoms with Gasteiger partial charge in [-0.15, -0.1) is 0 Å². The number of carbonyl (C=O) groups is 4. The van der Waals surface area contributed by atoms with Crippen molar-refractivity contribution in [2.45, 2.75) is 121 Å². The van der Waals surface area contributed by atoms with Crippen LogP contribution in [-0.4, -0.2) is 76.7 Å². The number of hydrogen-bond donors (Lipinski definition) is 1. The first-order valence-corrected chi connectivity index (χ1v) is 16.8. The smallest absolute Gasteiger partial charge is 0.333 e. The summed E-state index contributed by atoms with van der Waals surface area (Å²) in [7, 11) is 1.29. The van der Waals surface area contributed by atoms with E-state index in [1.165, 1.54) is 32.6 Å². The van der Waals surface area contributed by atoms with Gasteiger partial charge in [-0.2, -0.15) is 0 Å².